The molecule has 0 N–H and O–H groups in total. The summed E-state index contributed by atoms with van der Waals surface area (Å²) in [6.07, 6.45) is 2.19. The van der Waals surface area contributed by atoms with Gasteiger partial charge in [0.2, 0.25) is 0 Å². The van der Waals surface area contributed by atoms with E-state index in [0.717, 1.165) is 6.54 Å². The molecule has 1 nitrogen and oxygen atoms in total. The Morgan fingerprint density at radius 1 is 1.18 bits per heavy atom. The molecule has 2 rings (SSSR count). The normalized spacial score (nSPS) is 10.5. The van der Waals surface area contributed by atoms with Crippen LogP contribution in [0.1, 0.15) is 51.7 Å². The minimum atomic E-state index is 0.597. The highest BCUT2D eigenvalue weighted by molar-refractivity contribution is 5.85. The lowest BCUT2D eigenvalue weighted by Gasteiger charge is -2.10. The summed E-state index contributed by atoms with van der Waals surface area (Å²) in [5.74, 6) is 0.597. The molecular weight excluding hydrogens is 206 g/mol. The fraction of sp³-hybridized carbons (Fsp3) is 0.500. The summed E-state index contributed by atoms with van der Waals surface area (Å²) in [6.45, 7) is 13.9. The van der Waals surface area contributed by atoms with Crippen LogP contribution in [0.4, 0.5) is 0 Å². The fourth-order valence-electron chi connectivity index (χ4n) is 2.22. The van der Waals surface area contributed by atoms with E-state index < -0.39 is 0 Å². The van der Waals surface area contributed by atoms with Crippen LogP contribution in [0.25, 0.3) is 10.9 Å². The molecule has 0 aliphatic heterocycles. The van der Waals surface area contributed by atoms with E-state index in [9.17, 15) is 0 Å². The second-order valence-electron chi connectivity index (χ2n) is 4.54. The molecule has 0 amide bonds. The summed E-state index contributed by atoms with van der Waals surface area (Å²) in [6, 6.07) is 6.84. The van der Waals surface area contributed by atoms with Crippen LogP contribution in [0.3, 0.4) is 0 Å². The van der Waals surface area contributed by atoms with Gasteiger partial charge in [-0.25, -0.2) is 0 Å². The molecule has 94 valence electrons. The summed E-state index contributed by atoms with van der Waals surface area (Å²) >= 11 is 0. The molecule has 0 aliphatic rings. The average molecular weight is 231 g/mol. The third kappa shape index (κ3) is 2.71. The maximum Gasteiger partial charge on any atom is 0.0485 e. The highest BCUT2D eigenvalue weighted by Gasteiger charge is 2.08. The lowest BCUT2D eigenvalue weighted by Crippen LogP contribution is -1.94. The van der Waals surface area contributed by atoms with E-state index in [-0.39, 0.29) is 0 Å². The van der Waals surface area contributed by atoms with Gasteiger partial charge in [-0.1, -0.05) is 33.8 Å². The van der Waals surface area contributed by atoms with Gasteiger partial charge in [0.25, 0.3) is 0 Å². The van der Waals surface area contributed by atoms with E-state index >= 15 is 0 Å². The molecule has 0 atom stereocenters. The van der Waals surface area contributed by atoms with E-state index in [0.29, 0.717) is 5.92 Å². The van der Waals surface area contributed by atoms with Crippen LogP contribution in [0.5, 0.6) is 0 Å². The second-order valence-corrected chi connectivity index (χ2v) is 4.54. The van der Waals surface area contributed by atoms with E-state index in [1.807, 2.05) is 13.8 Å². The van der Waals surface area contributed by atoms with Gasteiger partial charge >= 0.3 is 0 Å². The topological polar surface area (TPSA) is 4.93 Å². The largest absolute Gasteiger partial charge is 0.348 e. The monoisotopic (exact) mass is 231 g/mol. The van der Waals surface area contributed by atoms with E-state index in [1.165, 1.54) is 22.0 Å². The van der Waals surface area contributed by atoms with Gasteiger partial charge < -0.3 is 4.57 Å². The SMILES string of the molecule is CC.CCn1ccc2c(C(C)C)cc(C)cc21. The van der Waals surface area contributed by atoms with Crippen molar-refractivity contribution in [3.05, 3.63) is 35.5 Å². The Labute approximate surface area is 105 Å². The standard InChI is InChI=1S/C14H19N.C2H6/c1-5-15-7-6-12-13(10(2)3)8-11(4)9-14(12)15;1-2/h6-10H,5H2,1-4H3;1-2H3. The zero-order valence-electron chi connectivity index (χ0n) is 12.0. The molecule has 0 saturated heterocycles. The maximum atomic E-state index is 2.31. The summed E-state index contributed by atoms with van der Waals surface area (Å²) in [7, 11) is 0. The van der Waals surface area contributed by atoms with Crippen LogP contribution < -0.4 is 0 Å². The van der Waals surface area contributed by atoms with Crippen LogP contribution in [0.2, 0.25) is 0 Å². The predicted molar refractivity (Wildman–Crippen MR) is 77.8 cm³/mol. The number of benzene rings is 1. The number of fused-ring (bicyclic) bond motifs is 1. The van der Waals surface area contributed by atoms with Gasteiger partial charge in [0.15, 0.2) is 0 Å². The second kappa shape index (κ2) is 5.90. The molecule has 0 spiro atoms. The van der Waals surface area contributed by atoms with Crippen LogP contribution in [0, 0.1) is 6.92 Å². The van der Waals surface area contributed by atoms with E-state index in [4.69, 9.17) is 0 Å². The number of nitrogens with zero attached hydrogens (tertiary/aromatic N) is 1. The summed E-state index contributed by atoms with van der Waals surface area (Å²) in [5, 5.41) is 1.41. The third-order valence-electron chi connectivity index (χ3n) is 3.03. The van der Waals surface area contributed by atoms with Crippen molar-refractivity contribution in [2.45, 2.75) is 54.0 Å². The molecule has 0 aliphatic carbocycles. The van der Waals surface area contributed by atoms with Crippen LogP contribution in [-0.4, -0.2) is 4.57 Å². The van der Waals surface area contributed by atoms with Crippen molar-refractivity contribution in [3.63, 3.8) is 0 Å². The highest BCUT2D eigenvalue weighted by Crippen LogP contribution is 2.27. The smallest absolute Gasteiger partial charge is 0.0485 e. The molecule has 1 aromatic carbocycles. The summed E-state index contributed by atoms with van der Waals surface area (Å²) in [4.78, 5) is 0. The van der Waals surface area contributed by atoms with Gasteiger partial charge in [0, 0.05) is 23.6 Å². The van der Waals surface area contributed by atoms with Gasteiger partial charge in [-0.15, -0.1) is 0 Å². The molecule has 0 saturated carbocycles. The minimum absolute atomic E-state index is 0.597. The molecule has 0 bridgehead atoms. The first kappa shape index (κ1) is 13.8. The fourth-order valence-corrected chi connectivity index (χ4v) is 2.22. The molecule has 1 aromatic heterocycles. The number of aryl methyl sites for hydroxylation is 2. The van der Waals surface area contributed by atoms with Crippen molar-refractivity contribution in [1.82, 2.24) is 4.57 Å². The Bertz CT molecular complexity index is 477. The van der Waals surface area contributed by atoms with Crippen molar-refractivity contribution in [1.29, 1.82) is 0 Å². The van der Waals surface area contributed by atoms with Gasteiger partial charge in [-0.3, -0.25) is 0 Å². The number of aromatic nitrogens is 1. The van der Waals surface area contributed by atoms with Crippen molar-refractivity contribution < 1.29 is 0 Å². The summed E-state index contributed by atoms with van der Waals surface area (Å²) in [5.41, 5.74) is 4.21. The lowest BCUT2D eigenvalue weighted by molar-refractivity contribution is 0.796. The Hall–Kier alpha value is -1.24. The Balaban J connectivity index is 0.000000686. The van der Waals surface area contributed by atoms with E-state index in [2.05, 4.69) is 56.7 Å². The molecule has 0 radical (unpaired) electrons. The molecule has 1 heterocycles. The zero-order chi connectivity index (χ0) is 13.0. The number of rotatable bonds is 2. The van der Waals surface area contributed by atoms with Gasteiger partial charge in [0.05, 0.1) is 0 Å². The molecule has 17 heavy (non-hydrogen) atoms. The Morgan fingerprint density at radius 2 is 1.82 bits per heavy atom. The highest BCUT2D eigenvalue weighted by atomic mass is 14.9. The lowest BCUT2D eigenvalue weighted by atomic mass is 9.97. The van der Waals surface area contributed by atoms with Gasteiger partial charge in [0.1, 0.15) is 0 Å². The molecule has 2 aromatic rings. The molecule has 0 unspecified atom stereocenters. The van der Waals surface area contributed by atoms with Crippen molar-refractivity contribution in [2.75, 3.05) is 0 Å². The Kier molecular flexibility index (Phi) is 4.80. The average Bonchev–Trinajstić information content (AvgIpc) is 2.73. The van der Waals surface area contributed by atoms with Gasteiger partial charge in [-0.2, -0.15) is 0 Å². The number of hydrogen-bond donors (Lipinski definition) is 0. The van der Waals surface area contributed by atoms with Crippen LogP contribution >= 0.6 is 0 Å². The molecule has 1 heteroatoms. The first-order valence-electron chi connectivity index (χ1n) is 6.73. The Morgan fingerprint density at radius 3 is 2.35 bits per heavy atom. The zero-order valence-corrected chi connectivity index (χ0v) is 12.0. The third-order valence-corrected chi connectivity index (χ3v) is 3.03. The van der Waals surface area contributed by atoms with Crippen molar-refractivity contribution >= 4 is 10.9 Å². The van der Waals surface area contributed by atoms with Crippen molar-refractivity contribution in [3.8, 4) is 0 Å². The molecular formula is C16H25N. The van der Waals surface area contributed by atoms with Gasteiger partial charge in [-0.05, 0) is 43.0 Å². The quantitative estimate of drug-likeness (QED) is 0.676. The predicted octanol–water partition coefficient (Wildman–Crippen LogP) is 5.12. The first-order valence-corrected chi connectivity index (χ1v) is 6.73. The van der Waals surface area contributed by atoms with E-state index in [1.54, 1.807) is 0 Å². The van der Waals surface area contributed by atoms with Crippen LogP contribution in [0.15, 0.2) is 24.4 Å². The number of hydrogen-bond acceptors (Lipinski definition) is 0. The van der Waals surface area contributed by atoms with Crippen molar-refractivity contribution in [2.24, 2.45) is 0 Å². The maximum absolute atomic E-state index is 2.31. The molecule has 0 fully saturated rings. The van der Waals surface area contributed by atoms with Crippen LogP contribution in [-0.2, 0) is 6.54 Å². The first-order chi connectivity index (χ1) is 8.13. The summed E-state index contributed by atoms with van der Waals surface area (Å²) < 4.78 is 2.31. The minimum Gasteiger partial charge on any atom is -0.348 e.